The van der Waals surface area contributed by atoms with Crippen molar-refractivity contribution in [3.8, 4) is 0 Å². The zero-order chi connectivity index (χ0) is 21.2. The van der Waals surface area contributed by atoms with Crippen LogP contribution in [0.15, 0.2) is 53.6 Å². The molecule has 0 aliphatic carbocycles. The number of rotatable bonds is 7. The molecule has 0 radical (unpaired) electrons. The topological polar surface area (TPSA) is 95.9 Å². The summed E-state index contributed by atoms with van der Waals surface area (Å²) in [6.45, 7) is 5.11. The highest BCUT2D eigenvalue weighted by atomic mass is 32.2. The number of anilines is 1. The molecule has 9 heteroatoms. The number of nitrogens with zero attached hydrogens (tertiary/aromatic N) is 2. The van der Waals surface area contributed by atoms with E-state index in [1.807, 2.05) is 31.2 Å². The Morgan fingerprint density at radius 1 is 1.03 bits per heavy atom. The Morgan fingerprint density at radius 3 is 2.41 bits per heavy atom. The second-order valence-electron chi connectivity index (χ2n) is 6.88. The average molecular weight is 436 g/mol. The fourth-order valence-corrected chi connectivity index (χ4v) is 4.95. The molecule has 1 aliphatic rings. The van der Waals surface area contributed by atoms with Crippen LogP contribution in [0.5, 0.6) is 0 Å². The molecule has 7 nitrogen and oxygen atoms in total. The van der Waals surface area contributed by atoms with Crippen molar-refractivity contribution in [1.82, 2.24) is 4.41 Å². The fourth-order valence-electron chi connectivity index (χ4n) is 3.26. The summed E-state index contributed by atoms with van der Waals surface area (Å²) < 4.78 is 52.9. The van der Waals surface area contributed by atoms with Crippen LogP contribution in [0.3, 0.4) is 0 Å². The van der Waals surface area contributed by atoms with Crippen molar-refractivity contribution in [3.63, 3.8) is 0 Å². The van der Waals surface area contributed by atoms with E-state index in [4.69, 9.17) is 0 Å². The summed E-state index contributed by atoms with van der Waals surface area (Å²) in [6.07, 6.45) is 0.411. The number of hydrogen-bond donors (Lipinski definition) is 1. The van der Waals surface area contributed by atoms with Gasteiger partial charge in [0.15, 0.2) is 0 Å². The highest BCUT2D eigenvalue weighted by molar-refractivity contribution is 7.92. The van der Waals surface area contributed by atoms with Crippen molar-refractivity contribution in [1.29, 1.82) is 0 Å². The van der Waals surface area contributed by atoms with Gasteiger partial charge >= 0.3 is 0 Å². The third-order valence-electron chi connectivity index (χ3n) is 4.92. The lowest BCUT2D eigenvalue weighted by Crippen LogP contribution is -2.29. The second kappa shape index (κ2) is 8.16. The van der Waals surface area contributed by atoms with Gasteiger partial charge < -0.3 is 0 Å². The number of hydrogen-bond acceptors (Lipinski definition) is 5. The van der Waals surface area contributed by atoms with Crippen molar-refractivity contribution in [2.24, 2.45) is 5.10 Å². The monoisotopic (exact) mass is 435 g/mol. The van der Waals surface area contributed by atoms with Crippen LogP contribution in [0.1, 0.15) is 43.0 Å². The Bertz CT molecular complexity index is 1140. The van der Waals surface area contributed by atoms with E-state index in [0.29, 0.717) is 23.4 Å². The van der Waals surface area contributed by atoms with Gasteiger partial charge in [-0.25, -0.2) is 16.8 Å². The van der Waals surface area contributed by atoms with Crippen LogP contribution in [0.25, 0.3) is 0 Å². The Kier molecular flexibility index (Phi) is 6.00. The number of aryl methyl sites for hydroxylation is 1. The first kappa shape index (κ1) is 21.3. The number of nitrogens with one attached hydrogen (secondary N) is 1. The van der Waals surface area contributed by atoms with Crippen LogP contribution < -0.4 is 4.72 Å². The SMILES string of the molecule is CCS(=O)(=O)Nc1cccc(C2=NN(S(=O)(=O)CC)C(c3ccccc3C)C2)c1. The molecule has 1 aliphatic heterocycles. The lowest BCUT2D eigenvalue weighted by Gasteiger charge is -2.24. The van der Waals surface area contributed by atoms with Gasteiger partial charge in [-0.1, -0.05) is 36.4 Å². The van der Waals surface area contributed by atoms with Gasteiger partial charge in [0.2, 0.25) is 20.0 Å². The van der Waals surface area contributed by atoms with Crippen molar-refractivity contribution in [2.45, 2.75) is 33.2 Å². The number of sulfonamides is 2. The van der Waals surface area contributed by atoms with E-state index in [2.05, 4.69) is 9.82 Å². The van der Waals surface area contributed by atoms with Crippen molar-refractivity contribution < 1.29 is 16.8 Å². The summed E-state index contributed by atoms with van der Waals surface area (Å²) in [7, 11) is -6.97. The molecule has 1 heterocycles. The van der Waals surface area contributed by atoms with Crippen molar-refractivity contribution in [2.75, 3.05) is 16.2 Å². The van der Waals surface area contributed by atoms with E-state index in [0.717, 1.165) is 11.1 Å². The highest BCUT2D eigenvalue weighted by Gasteiger charge is 2.36. The molecule has 156 valence electrons. The van der Waals surface area contributed by atoms with Gasteiger partial charge in [-0.3, -0.25) is 4.72 Å². The molecule has 0 aromatic heterocycles. The third-order valence-corrected chi connectivity index (χ3v) is 7.86. The summed E-state index contributed by atoms with van der Waals surface area (Å²) in [5, 5.41) is 4.44. The predicted molar refractivity (Wildman–Crippen MR) is 116 cm³/mol. The predicted octanol–water partition coefficient (Wildman–Crippen LogP) is 3.26. The summed E-state index contributed by atoms with van der Waals surface area (Å²) in [5.74, 6) is -0.0848. The maximum Gasteiger partial charge on any atom is 0.250 e. The number of benzene rings is 2. The zero-order valence-corrected chi connectivity index (χ0v) is 18.3. The molecule has 29 heavy (non-hydrogen) atoms. The molecule has 0 fully saturated rings. The first-order valence-electron chi connectivity index (χ1n) is 9.43. The van der Waals surface area contributed by atoms with E-state index in [1.165, 1.54) is 4.41 Å². The normalized spacial score (nSPS) is 17.3. The van der Waals surface area contributed by atoms with E-state index in [1.54, 1.807) is 38.1 Å². The van der Waals surface area contributed by atoms with Gasteiger partial charge in [0, 0.05) is 12.1 Å². The van der Waals surface area contributed by atoms with Gasteiger partial charge in [-0.05, 0) is 49.6 Å². The fraction of sp³-hybridized carbons (Fsp3) is 0.350. The first-order chi connectivity index (χ1) is 13.7. The minimum absolute atomic E-state index is 0.0317. The van der Waals surface area contributed by atoms with Gasteiger partial charge in [0.25, 0.3) is 0 Å². The smallest absolute Gasteiger partial charge is 0.250 e. The van der Waals surface area contributed by atoms with Gasteiger partial charge in [-0.15, -0.1) is 0 Å². The summed E-state index contributed by atoms with van der Waals surface area (Å²) in [6, 6.07) is 14.1. The summed E-state index contributed by atoms with van der Waals surface area (Å²) in [4.78, 5) is 0. The van der Waals surface area contributed by atoms with Gasteiger partial charge in [0.1, 0.15) is 0 Å². The average Bonchev–Trinajstić information content (AvgIpc) is 3.14. The van der Waals surface area contributed by atoms with Crippen molar-refractivity contribution in [3.05, 3.63) is 65.2 Å². The summed E-state index contributed by atoms with van der Waals surface area (Å²) >= 11 is 0. The summed E-state index contributed by atoms with van der Waals surface area (Å²) in [5.41, 5.74) is 3.62. The molecule has 3 rings (SSSR count). The van der Waals surface area contributed by atoms with Crippen LogP contribution in [0.4, 0.5) is 5.69 Å². The maximum atomic E-state index is 12.7. The molecule has 1 atom stereocenters. The third kappa shape index (κ3) is 4.62. The molecule has 0 saturated carbocycles. The maximum absolute atomic E-state index is 12.7. The minimum Gasteiger partial charge on any atom is -0.284 e. The van der Waals surface area contributed by atoms with E-state index < -0.39 is 26.1 Å². The Morgan fingerprint density at radius 2 is 1.76 bits per heavy atom. The Balaban J connectivity index is 2.01. The van der Waals surface area contributed by atoms with Crippen molar-refractivity contribution >= 4 is 31.4 Å². The van der Waals surface area contributed by atoms with E-state index >= 15 is 0 Å². The molecule has 2 aromatic carbocycles. The minimum atomic E-state index is -3.56. The van der Waals surface area contributed by atoms with Crippen LogP contribution in [-0.4, -0.2) is 38.5 Å². The largest absolute Gasteiger partial charge is 0.284 e. The standard InChI is InChI=1S/C20H25N3O4S2/c1-4-28(24,25)22-17-11-8-10-16(13-17)19-14-20(18-12-7-6-9-15(18)3)23(21-19)29(26,27)5-2/h6-13,20,22H,4-5,14H2,1-3H3. The van der Waals surface area contributed by atoms with Crippen LogP contribution in [-0.2, 0) is 20.0 Å². The molecule has 0 spiro atoms. The molecule has 1 unspecified atom stereocenters. The number of hydrazone groups is 1. The Labute approximate surface area is 172 Å². The molecule has 0 saturated heterocycles. The molecular formula is C20H25N3O4S2. The van der Waals surface area contributed by atoms with Gasteiger partial charge in [-0.2, -0.15) is 9.52 Å². The molecule has 1 N–H and O–H groups in total. The lowest BCUT2D eigenvalue weighted by molar-refractivity contribution is 0.371. The Hall–Kier alpha value is -2.39. The van der Waals surface area contributed by atoms with E-state index in [9.17, 15) is 16.8 Å². The van der Waals surface area contributed by atoms with Crippen LogP contribution in [0.2, 0.25) is 0 Å². The quantitative estimate of drug-likeness (QED) is 0.722. The van der Waals surface area contributed by atoms with Gasteiger partial charge in [0.05, 0.1) is 23.3 Å². The van der Waals surface area contributed by atoms with Crippen LogP contribution >= 0.6 is 0 Å². The molecular weight excluding hydrogens is 410 g/mol. The molecule has 0 amide bonds. The van der Waals surface area contributed by atoms with E-state index in [-0.39, 0.29) is 11.5 Å². The second-order valence-corrected chi connectivity index (χ2v) is 11.0. The highest BCUT2D eigenvalue weighted by Crippen LogP contribution is 2.36. The first-order valence-corrected chi connectivity index (χ1v) is 12.7. The zero-order valence-electron chi connectivity index (χ0n) is 16.7. The van der Waals surface area contributed by atoms with Crippen LogP contribution in [0, 0.1) is 6.92 Å². The molecule has 0 bridgehead atoms. The molecule has 2 aromatic rings. The lowest BCUT2D eigenvalue weighted by atomic mass is 9.96.